The van der Waals surface area contributed by atoms with Crippen LogP contribution >= 0.6 is 0 Å². The van der Waals surface area contributed by atoms with Crippen LogP contribution in [-0.4, -0.2) is 19.6 Å². The van der Waals surface area contributed by atoms with E-state index in [-0.39, 0.29) is 5.91 Å². The molecule has 0 aromatic heterocycles. The van der Waals surface area contributed by atoms with E-state index in [0.717, 1.165) is 6.42 Å². The first kappa shape index (κ1) is 14.4. The Morgan fingerprint density at radius 2 is 2.25 bits per heavy atom. The highest BCUT2D eigenvalue weighted by atomic mass is 16.5. The Balaban J connectivity index is 1.85. The van der Waals surface area contributed by atoms with Crippen molar-refractivity contribution in [3.8, 4) is 5.75 Å². The van der Waals surface area contributed by atoms with E-state index in [1.165, 1.54) is 31.3 Å². The minimum absolute atomic E-state index is 0.0873. The number of hydrogen-bond donors (Lipinski definition) is 2. The van der Waals surface area contributed by atoms with Gasteiger partial charge < -0.3 is 15.8 Å². The summed E-state index contributed by atoms with van der Waals surface area (Å²) in [4.78, 5) is 12.0. The summed E-state index contributed by atoms with van der Waals surface area (Å²) in [7, 11) is 1.56. The number of hydrogen-bond acceptors (Lipinski definition) is 3. The van der Waals surface area contributed by atoms with Gasteiger partial charge in [0.1, 0.15) is 5.75 Å². The van der Waals surface area contributed by atoms with Gasteiger partial charge in [0.05, 0.1) is 12.8 Å². The average molecular weight is 274 g/mol. The number of nitrogens with one attached hydrogen (secondary N) is 1. The van der Waals surface area contributed by atoms with Gasteiger partial charge in [0.25, 0.3) is 5.91 Å². The number of methoxy groups -OCH3 is 1. The third kappa shape index (κ3) is 3.76. The van der Waals surface area contributed by atoms with Crippen LogP contribution in [0.1, 0.15) is 42.5 Å². The smallest absolute Gasteiger partial charge is 0.251 e. The molecule has 0 bridgehead atoms. The van der Waals surface area contributed by atoms with Gasteiger partial charge in [-0.1, -0.05) is 11.6 Å². The molecule has 1 amide bonds. The summed E-state index contributed by atoms with van der Waals surface area (Å²) in [6.07, 6.45) is 8.16. The number of allylic oxidation sites excluding steroid dienone is 1. The molecule has 0 radical (unpaired) electrons. The second-order valence-electron chi connectivity index (χ2n) is 5.07. The van der Waals surface area contributed by atoms with Gasteiger partial charge in [0.15, 0.2) is 0 Å². The third-order valence-electron chi connectivity index (χ3n) is 3.61. The van der Waals surface area contributed by atoms with Crippen LogP contribution in [-0.2, 0) is 0 Å². The third-order valence-corrected chi connectivity index (χ3v) is 3.61. The summed E-state index contributed by atoms with van der Waals surface area (Å²) in [5, 5.41) is 2.93. The van der Waals surface area contributed by atoms with Crippen LogP contribution in [0.4, 0.5) is 5.69 Å². The number of carbonyl (C=O) groups excluding carboxylic acids is 1. The highest BCUT2D eigenvalue weighted by Gasteiger charge is 2.09. The van der Waals surface area contributed by atoms with Crippen molar-refractivity contribution in [1.82, 2.24) is 5.32 Å². The number of carbonyl (C=O) groups is 1. The molecule has 1 aromatic carbocycles. The lowest BCUT2D eigenvalue weighted by atomic mass is 9.97. The fourth-order valence-electron chi connectivity index (χ4n) is 2.45. The number of nitrogens with two attached hydrogens (primary N) is 1. The van der Waals surface area contributed by atoms with Crippen molar-refractivity contribution in [2.75, 3.05) is 19.4 Å². The van der Waals surface area contributed by atoms with Gasteiger partial charge in [-0.3, -0.25) is 4.79 Å². The van der Waals surface area contributed by atoms with Crippen LogP contribution in [0.2, 0.25) is 0 Å². The second-order valence-corrected chi connectivity index (χ2v) is 5.07. The van der Waals surface area contributed by atoms with E-state index in [1.807, 2.05) is 0 Å². The lowest BCUT2D eigenvalue weighted by molar-refractivity contribution is 0.0954. The van der Waals surface area contributed by atoms with Gasteiger partial charge in [0, 0.05) is 12.1 Å². The average Bonchev–Trinajstić information content (AvgIpc) is 2.48. The highest BCUT2D eigenvalue weighted by Crippen LogP contribution is 2.22. The zero-order chi connectivity index (χ0) is 14.4. The Hall–Kier alpha value is -1.97. The predicted molar refractivity (Wildman–Crippen MR) is 80.9 cm³/mol. The fraction of sp³-hybridized carbons (Fsp3) is 0.438. The molecule has 0 saturated heterocycles. The summed E-state index contributed by atoms with van der Waals surface area (Å²) in [6.45, 7) is 0.677. The van der Waals surface area contributed by atoms with Crippen LogP contribution in [0.15, 0.2) is 29.8 Å². The molecule has 0 spiro atoms. The first-order valence-electron chi connectivity index (χ1n) is 7.10. The molecule has 20 heavy (non-hydrogen) atoms. The molecule has 0 fully saturated rings. The number of anilines is 1. The van der Waals surface area contributed by atoms with Crippen molar-refractivity contribution in [3.63, 3.8) is 0 Å². The fourth-order valence-corrected chi connectivity index (χ4v) is 2.45. The van der Waals surface area contributed by atoms with Crippen molar-refractivity contribution in [3.05, 3.63) is 35.4 Å². The van der Waals surface area contributed by atoms with Crippen LogP contribution in [0.25, 0.3) is 0 Å². The van der Waals surface area contributed by atoms with Gasteiger partial charge in [0.2, 0.25) is 0 Å². The maximum atomic E-state index is 12.0. The molecular weight excluding hydrogens is 252 g/mol. The molecule has 0 heterocycles. The zero-order valence-corrected chi connectivity index (χ0v) is 11.9. The molecule has 1 aliphatic rings. The SMILES string of the molecule is COc1ccc(C(=O)NCCC2=CCCCC2)cc1N. The zero-order valence-electron chi connectivity index (χ0n) is 11.9. The monoisotopic (exact) mass is 274 g/mol. The molecule has 4 nitrogen and oxygen atoms in total. The minimum atomic E-state index is -0.0873. The van der Waals surface area contributed by atoms with Gasteiger partial charge in [-0.05, 0) is 50.3 Å². The van der Waals surface area contributed by atoms with Crippen molar-refractivity contribution in [1.29, 1.82) is 0 Å². The van der Waals surface area contributed by atoms with Crippen LogP contribution in [0, 0.1) is 0 Å². The molecule has 108 valence electrons. The topological polar surface area (TPSA) is 64.3 Å². The van der Waals surface area contributed by atoms with E-state index in [1.54, 1.807) is 25.3 Å². The van der Waals surface area contributed by atoms with E-state index < -0.39 is 0 Å². The normalized spacial score (nSPS) is 14.6. The minimum Gasteiger partial charge on any atom is -0.495 e. The van der Waals surface area contributed by atoms with E-state index in [0.29, 0.717) is 23.5 Å². The Bertz CT molecular complexity index is 509. The summed E-state index contributed by atoms with van der Waals surface area (Å²) < 4.78 is 5.08. The van der Waals surface area contributed by atoms with E-state index in [9.17, 15) is 4.79 Å². The highest BCUT2D eigenvalue weighted by molar-refractivity contribution is 5.95. The molecule has 2 rings (SSSR count). The maximum Gasteiger partial charge on any atom is 0.251 e. The molecule has 1 aromatic rings. The Morgan fingerprint density at radius 1 is 1.40 bits per heavy atom. The second kappa shape index (κ2) is 6.98. The molecule has 3 N–H and O–H groups in total. The first-order valence-corrected chi connectivity index (χ1v) is 7.10. The van der Waals surface area contributed by atoms with Crippen molar-refractivity contribution < 1.29 is 9.53 Å². The van der Waals surface area contributed by atoms with Crippen LogP contribution in [0.5, 0.6) is 5.75 Å². The number of amides is 1. The Kier molecular flexibility index (Phi) is 5.04. The van der Waals surface area contributed by atoms with Gasteiger partial charge in [-0.15, -0.1) is 0 Å². The van der Waals surface area contributed by atoms with E-state index in [2.05, 4.69) is 11.4 Å². The van der Waals surface area contributed by atoms with Crippen molar-refractivity contribution in [2.24, 2.45) is 0 Å². The number of ether oxygens (including phenoxy) is 1. The number of rotatable bonds is 5. The molecule has 1 aliphatic carbocycles. The predicted octanol–water partition coefficient (Wildman–Crippen LogP) is 2.90. The largest absolute Gasteiger partial charge is 0.495 e. The molecule has 0 saturated carbocycles. The van der Waals surface area contributed by atoms with Crippen molar-refractivity contribution >= 4 is 11.6 Å². The first-order chi connectivity index (χ1) is 9.70. The molecule has 0 aliphatic heterocycles. The number of nitrogen functional groups attached to an aromatic ring is 1. The Labute approximate surface area is 120 Å². The van der Waals surface area contributed by atoms with E-state index in [4.69, 9.17) is 10.5 Å². The van der Waals surface area contributed by atoms with Gasteiger partial charge in [-0.25, -0.2) is 0 Å². The standard InChI is InChI=1S/C16H22N2O2/c1-20-15-8-7-13(11-14(15)17)16(19)18-10-9-12-5-3-2-4-6-12/h5,7-8,11H,2-4,6,9-10,17H2,1H3,(H,18,19). The van der Waals surface area contributed by atoms with Gasteiger partial charge >= 0.3 is 0 Å². The summed E-state index contributed by atoms with van der Waals surface area (Å²) in [5.74, 6) is 0.504. The summed E-state index contributed by atoms with van der Waals surface area (Å²) in [6, 6.07) is 5.09. The Morgan fingerprint density at radius 3 is 2.90 bits per heavy atom. The lowest BCUT2D eigenvalue weighted by Gasteiger charge is -2.13. The van der Waals surface area contributed by atoms with E-state index >= 15 is 0 Å². The molecule has 4 heteroatoms. The van der Waals surface area contributed by atoms with Gasteiger partial charge in [-0.2, -0.15) is 0 Å². The lowest BCUT2D eigenvalue weighted by Crippen LogP contribution is -2.25. The summed E-state index contributed by atoms with van der Waals surface area (Å²) in [5.41, 5.74) is 8.32. The maximum absolute atomic E-state index is 12.0. The quantitative estimate of drug-likeness (QED) is 0.641. The van der Waals surface area contributed by atoms with Crippen molar-refractivity contribution in [2.45, 2.75) is 32.1 Å². The molecule has 0 atom stereocenters. The summed E-state index contributed by atoms with van der Waals surface area (Å²) >= 11 is 0. The molecule has 0 unspecified atom stereocenters. The number of benzene rings is 1. The molecular formula is C16H22N2O2. The van der Waals surface area contributed by atoms with Crippen LogP contribution in [0.3, 0.4) is 0 Å². The van der Waals surface area contributed by atoms with Crippen LogP contribution < -0.4 is 15.8 Å².